The number of aryl methyl sites for hydroxylation is 1. The third-order valence-corrected chi connectivity index (χ3v) is 7.45. The lowest BCUT2D eigenvalue weighted by atomic mass is 9.82. The van der Waals surface area contributed by atoms with Gasteiger partial charge in [0.15, 0.2) is 0 Å². The van der Waals surface area contributed by atoms with E-state index in [0.29, 0.717) is 24.6 Å². The molecular weight excluding hydrogens is 492 g/mol. The molecule has 1 atom stereocenters. The van der Waals surface area contributed by atoms with Crippen LogP contribution in [0.2, 0.25) is 0 Å². The average molecular weight is 533 g/mol. The van der Waals surface area contributed by atoms with Crippen molar-refractivity contribution in [3.63, 3.8) is 0 Å². The zero-order valence-electron chi connectivity index (χ0n) is 23.5. The molecule has 1 aliphatic rings. The number of esters is 1. The summed E-state index contributed by atoms with van der Waals surface area (Å²) in [7, 11) is 3.37. The summed E-state index contributed by atoms with van der Waals surface area (Å²) in [6, 6.07) is 15.6. The SMILES string of the molecule is CCOC(=O)CCN(C)C(=O)c1ccc(NC(c2nn(-c3ccc(OC)cc3)cc2C)C2CCCCC2)cc1. The van der Waals surface area contributed by atoms with E-state index in [2.05, 4.69) is 18.4 Å². The van der Waals surface area contributed by atoms with Crippen LogP contribution >= 0.6 is 0 Å². The molecule has 0 saturated heterocycles. The van der Waals surface area contributed by atoms with E-state index in [-0.39, 0.29) is 24.3 Å². The van der Waals surface area contributed by atoms with Gasteiger partial charge in [0.1, 0.15) is 5.75 Å². The molecule has 8 nitrogen and oxygen atoms in total. The molecule has 1 aliphatic carbocycles. The summed E-state index contributed by atoms with van der Waals surface area (Å²) in [5.41, 5.74) is 4.72. The maximum atomic E-state index is 12.9. The van der Waals surface area contributed by atoms with E-state index in [0.717, 1.165) is 41.2 Å². The van der Waals surface area contributed by atoms with Crippen molar-refractivity contribution in [1.82, 2.24) is 14.7 Å². The van der Waals surface area contributed by atoms with Crippen LogP contribution in [0.5, 0.6) is 5.75 Å². The number of hydrogen-bond donors (Lipinski definition) is 1. The Labute approximate surface area is 231 Å². The van der Waals surface area contributed by atoms with Crippen LogP contribution in [0.15, 0.2) is 54.7 Å². The van der Waals surface area contributed by atoms with Gasteiger partial charge in [-0.3, -0.25) is 9.59 Å². The van der Waals surface area contributed by atoms with Crippen molar-refractivity contribution < 1.29 is 19.1 Å². The first kappa shape index (κ1) is 28.2. The number of carbonyl (C=O) groups is 2. The second kappa shape index (κ2) is 13.3. The van der Waals surface area contributed by atoms with E-state index >= 15 is 0 Å². The van der Waals surface area contributed by atoms with Crippen molar-refractivity contribution in [2.75, 3.05) is 32.6 Å². The molecule has 1 heterocycles. The fraction of sp³-hybridized carbons (Fsp3) is 0.452. The predicted octanol–water partition coefficient (Wildman–Crippen LogP) is 5.95. The highest BCUT2D eigenvalue weighted by Crippen LogP contribution is 2.37. The Hall–Kier alpha value is -3.81. The highest BCUT2D eigenvalue weighted by Gasteiger charge is 2.29. The van der Waals surface area contributed by atoms with Crippen LogP contribution in [0.3, 0.4) is 0 Å². The Morgan fingerprint density at radius 3 is 2.41 bits per heavy atom. The number of anilines is 1. The minimum atomic E-state index is -0.296. The monoisotopic (exact) mass is 532 g/mol. The first-order valence-electron chi connectivity index (χ1n) is 13.9. The zero-order chi connectivity index (χ0) is 27.8. The zero-order valence-corrected chi connectivity index (χ0v) is 23.5. The topological polar surface area (TPSA) is 85.7 Å². The molecule has 4 rings (SSSR count). The number of hydrogen-bond acceptors (Lipinski definition) is 6. The number of amides is 1. The molecular formula is C31H40N4O4. The molecule has 0 bridgehead atoms. The third-order valence-electron chi connectivity index (χ3n) is 7.45. The minimum Gasteiger partial charge on any atom is -0.497 e. The van der Waals surface area contributed by atoms with E-state index in [9.17, 15) is 9.59 Å². The molecule has 3 aromatic rings. The van der Waals surface area contributed by atoms with Crippen LogP contribution in [0.1, 0.15) is 73.1 Å². The maximum absolute atomic E-state index is 12.9. The molecule has 0 aliphatic heterocycles. The summed E-state index contributed by atoms with van der Waals surface area (Å²) < 4.78 is 12.2. The molecule has 8 heteroatoms. The second-order valence-electron chi connectivity index (χ2n) is 10.2. The standard InChI is InChI=1S/C31H40N4O4/c1-5-39-28(36)19-20-34(3)31(37)24-11-13-25(14-12-24)32-30(23-9-7-6-8-10-23)29-22(2)21-35(33-29)26-15-17-27(38-4)18-16-26/h11-18,21,23,30,32H,5-10,19-20H2,1-4H3. The number of carbonyl (C=O) groups excluding carboxylic acids is 2. The van der Waals surface area contributed by atoms with Crippen LogP contribution in [0, 0.1) is 12.8 Å². The molecule has 1 unspecified atom stereocenters. The van der Waals surface area contributed by atoms with E-state index in [1.807, 2.05) is 53.2 Å². The summed E-state index contributed by atoms with van der Waals surface area (Å²) in [5.74, 6) is 0.877. The molecule has 2 aromatic carbocycles. The van der Waals surface area contributed by atoms with E-state index in [4.69, 9.17) is 14.6 Å². The number of nitrogens with one attached hydrogen (secondary N) is 1. The lowest BCUT2D eigenvalue weighted by Gasteiger charge is -2.31. The highest BCUT2D eigenvalue weighted by molar-refractivity contribution is 5.94. The van der Waals surface area contributed by atoms with Gasteiger partial charge in [-0.15, -0.1) is 0 Å². The predicted molar refractivity (Wildman–Crippen MR) is 152 cm³/mol. The fourth-order valence-corrected chi connectivity index (χ4v) is 5.23. The largest absolute Gasteiger partial charge is 0.497 e. The van der Waals surface area contributed by atoms with Gasteiger partial charge in [-0.25, -0.2) is 4.68 Å². The summed E-state index contributed by atoms with van der Waals surface area (Å²) in [6.45, 7) is 4.55. The van der Waals surface area contributed by atoms with Gasteiger partial charge in [-0.1, -0.05) is 19.3 Å². The summed E-state index contributed by atoms with van der Waals surface area (Å²) in [5, 5.41) is 8.80. The van der Waals surface area contributed by atoms with Crippen molar-refractivity contribution in [1.29, 1.82) is 0 Å². The van der Waals surface area contributed by atoms with E-state index < -0.39 is 0 Å². The molecule has 208 valence electrons. The quantitative estimate of drug-likeness (QED) is 0.307. The second-order valence-corrected chi connectivity index (χ2v) is 10.2. The third kappa shape index (κ3) is 7.19. The number of nitrogens with zero attached hydrogens (tertiary/aromatic N) is 3. The molecule has 0 radical (unpaired) electrons. The van der Waals surface area contributed by atoms with Gasteiger partial charge in [-0.05, 0) is 86.7 Å². The molecule has 1 saturated carbocycles. The highest BCUT2D eigenvalue weighted by atomic mass is 16.5. The molecule has 1 fully saturated rings. The van der Waals surface area contributed by atoms with Crippen LogP contribution in [-0.4, -0.2) is 53.9 Å². The van der Waals surface area contributed by atoms with E-state index in [1.54, 1.807) is 26.0 Å². The van der Waals surface area contributed by atoms with Gasteiger partial charge in [-0.2, -0.15) is 5.10 Å². The Morgan fingerprint density at radius 1 is 1.08 bits per heavy atom. The Bertz CT molecular complexity index is 1230. The first-order chi connectivity index (χ1) is 18.9. The maximum Gasteiger partial charge on any atom is 0.307 e. The van der Waals surface area contributed by atoms with Gasteiger partial charge in [0.2, 0.25) is 0 Å². The average Bonchev–Trinajstić information content (AvgIpc) is 3.36. The molecule has 1 aromatic heterocycles. The van der Waals surface area contributed by atoms with Gasteiger partial charge in [0.25, 0.3) is 5.91 Å². The Morgan fingerprint density at radius 2 is 1.77 bits per heavy atom. The van der Waals surface area contributed by atoms with Crippen LogP contribution in [-0.2, 0) is 9.53 Å². The van der Waals surface area contributed by atoms with Gasteiger partial charge in [0, 0.05) is 31.0 Å². The van der Waals surface area contributed by atoms with Crippen LogP contribution in [0.4, 0.5) is 5.69 Å². The van der Waals surface area contributed by atoms with Gasteiger partial charge >= 0.3 is 5.97 Å². The number of rotatable bonds is 11. The summed E-state index contributed by atoms with van der Waals surface area (Å²) in [4.78, 5) is 26.1. The Kier molecular flexibility index (Phi) is 9.63. The molecule has 0 spiro atoms. The number of aromatic nitrogens is 2. The van der Waals surface area contributed by atoms with Crippen LogP contribution < -0.4 is 10.1 Å². The Balaban J connectivity index is 1.50. The smallest absolute Gasteiger partial charge is 0.307 e. The van der Waals surface area contributed by atoms with Crippen molar-refractivity contribution in [3.05, 3.63) is 71.5 Å². The van der Waals surface area contributed by atoms with Crippen molar-refractivity contribution in [3.8, 4) is 11.4 Å². The van der Waals surface area contributed by atoms with Gasteiger partial charge < -0.3 is 19.7 Å². The number of methoxy groups -OCH3 is 1. The van der Waals surface area contributed by atoms with Gasteiger partial charge in [0.05, 0.1) is 37.6 Å². The van der Waals surface area contributed by atoms with Crippen LogP contribution in [0.25, 0.3) is 5.69 Å². The summed E-state index contributed by atoms with van der Waals surface area (Å²) >= 11 is 0. The molecule has 1 amide bonds. The lowest BCUT2D eigenvalue weighted by Crippen LogP contribution is -2.29. The first-order valence-corrected chi connectivity index (χ1v) is 13.9. The number of ether oxygens (including phenoxy) is 2. The van der Waals surface area contributed by atoms with Crippen molar-refractivity contribution in [2.45, 2.75) is 58.4 Å². The molecule has 39 heavy (non-hydrogen) atoms. The minimum absolute atomic E-state index is 0.0681. The van der Waals surface area contributed by atoms with Crippen molar-refractivity contribution >= 4 is 17.6 Å². The van der Waals surface area contributed by atoms with Crippen molar-refractivity contribution in [2.24, 2.45) is 5.92 Å². The lowest BCUT2D eigenvalue weighted by molar-refractivity contribution is -0.143. The fourth-order valence-electron chi connectivity index (χ4n) is 5.23. The van der Waals surface area contributed by atoms with E-state index in [1.165, 1.54) is 19.3 Å². The molecule has 1 N–H and O–H groups in total. The summed E-state index contributed by atoms with van der Waals surface area (Å²) in [6.07, 6.45) is 8.33. The normalized spacial score (nSPS) is 14.5. The number of benzene rings is 2.